The molecule has 0 aliphatic carbocycles. The summed E-state index contributed by atoms with van der Waals surface area (Å²) < 4.78 is 23.8. The van der Waals surface area contributed by atoms with Gasteiger partial charge in [0, 0.05) is 32.2 Å². The lowest BCUT2D eigenvalue weighted by Crippen LogP contribution is -2.50. The Morgan fingerprint density at radius 2 is 2.00 bits per heavy atom. The third-order valence-corrected chi connectivity index (χ3v) is 4.99. The Labute approximate surface area is 156 Å². The number of amides is 2. The van der Waals surface area contributed by atoms with Gasteiger partial charge in [0.15, 0.2) is 6.61 Å². The van der Waals surface area contributed by atoms with E-state index in [0.29, 0.717) is 45.1 Å². The van der Waals surface area contributed by atoms with Crippen LogP contribution in [0.2, 0.25) is 5.02 Å². The van der Waals surface area contributed by atoms with E-state index in [1.54, 1.807) is 4.90 Å². The third-order valence-electron chi connectivity index (χ3n) is 4.70. The van der Waals surface area contributed by atoms with Crippen LogP contribution in [0, 0.1) is 11.7 Å². The van der Waals surface area contributed by atoms with Crippen LogP contribution in [0.25, 0.3) is 0 Å². The summed E-state index contributed by atoms with van der Waals surface area (Å²) in [4.78, 5) is 28.5. The molecule has 3 rings (SSSR count). The zero-order valence-electron chi connectivity index (χ0n) is 14.5. The number of halogens is 2. The Bertz CT molecular complexity index is 667. The molecule has 26 heavy (non-hydrogen) atoms. The monoisotopic (exact) mass is 384 g/mol. The number of ether oxygens (including phenoxy) is 2. The predicted molar refractivity (Wildman–Crippen MR) is 93.6 cm³/mol. The molecule has 0 radical (unpaired) electrons. The topological polar surface area (TPSA) is 59.1 Å². The summed E-state index contributed by atoms with van der Waals surface area (Å²) in [5.74, 6) is -0.471. The molecule has 0 spiro atoms. The molecule has 2 aliphatic heterocycles. The van der Waals surface area contributed by atoms with Crippen molar-refractivity contribution < 1.29 is 23.5 Å². The number of morpholine rings is 1. The Kier molecular flexibility index (Phi) is 6.32. The van der Waals surface area contributed by atoms with Crippen molar-refractivity contribution in [1.82, 2.24) is 9.80 Å². The van der Waals surface area contributed by atoms with Crippen molar-refractivity contribution in [2.45, 2.75) is 12.8 Å². The van der Waals surface area contributed by atoms with Gasteiger partial charge in [0.25, 0.3) is 5.91 Å². The molecule has 2 fully saturated rings. The van der Waals surface area contributed by atoms with Gasteiger partial charge in [0.2, 0.25) is 5.91 Å². The molecule has 1 aromatic rings. The zero-order valence-corrected chi connectivity index (χ0v) is 15.2. The third kappa shape index (κ3) is 4.65. The van der Waals surface area contributed by atoms with Crippen molar-refractivity contribution in [3.05, 3.63) is 29.0 Å². The molecule has 1 aromatic carbocycles. The van der Waals surface area contributed by atoms with Crippen molar-refractivity contribution in [3.8, 4) is 5.75 Å². The summed E-state index contributed by atoms with van der Waals surface area (Å²) in [6.45, 7) is 3.20. The van der Waals surface area contributed by atoms with E-state index in [1.807, 2.05) is 4.90 Å². The maximum absolute atomic E-state index is 13.2. The summed E-state index contributed by atoms with van der Waals surface area (Å²) in [6.07, 6.45) is 1.57. The second kappa shape index (κ2) is 8.68. The van der Waals surface area contributed by atoms with Gasteiger partial charge in [-0.2, -0.15) is 0 Å². The second-order valence-corrected chi connectivity index (χ2v) is 6.89. The molecule has 2 saturated heterocycles. The highest BCUT2D eigenvalue weighted by molar-refractivity contribution is 6.30. The fourth-order valence-corrected chi connectivity index (χ4v) is 3.42. The van der Waals surface area contributed by atoms with Gasteiger partial charge >= 0.3 is 0 Å². The van der Waals surface area contributed by atoms with E-state index in [9.17, 15) is 14.0 Å². The van der Waals surface area contributed by atoms with Gasteiger partial charge in [-0.3, -0.25) is 9.59 Å². The van der Waals surface area contributed by atoms with Crippen LogP contribution >= 0.6 is 11.6 Å². The van der Waals surface area contributed by atoms with Crippen LogP contribution in [0.1, 0.15) is 12.8 Å². The summed E-state index contributed by atoms with van der Waals surface area (Å²) in [7, 11) is 0. The maximum atomic E-state index is 13.2. The summed E-state index contributed by atoms with van der Waals surface area (Å²) in [5.41, 5.74) is 0. The van der Waals surface area contributed by atoms with Gasteiger partial charge < -0.3 is 19.3 Å². The van der Waals surface area contributed by atoms with Crippen molar-refractivity contribution >= 4 is 23.4 Å². The average molecular weight is 385 g/mol. The summed E-state index contributed by atoms with van der Waals surface area (Å²) >= 11 is 5.70. The molecule has 0 aromatic heterocycles. The lowest BCUT2D eigenvalue weighted by molar-refractivity contribution is -0.144. The molecule has 2 amide bonds. The molecule has 2 heterocycles. The number of likely N-dealkylation sites (tertiary alicyclic amines) is 1. The van der Waals surface area contributed by atoms with Crippen molar-refractivity contribution in [3.63, 3.8) is 0 Å². The normalized spacial score (nSPS) is 20.8. The fourth-order valence-electron chi connectivity index (χ4n) is 3.25. The highest BCUT2D eigenvalue weighted by Gasteiger charge is 2.31. The van der Waals surface area contributed by atoms with E-state index in [2.05, 4.69) is 0 Å². The average Bonchev–Trinajstić information content (AvgIpc) is 2.69. The minimum Gasteiger partial charge on any atom is -0.484 e. The van der Waals surface area contributed by atoms with Crippen molar-refractivity contribution in [2.75, 3.05) is 46.0 Å². The van der Waals surface area contributed by atoms with Gasteiger partial charge in [-0.1, -0.05) is 11.6 Å². The Morgan fingerprint density at radius 1 is 1.23 bits per heavy atom. The van der Waals surface area contributed by atoms with Gasteiger partial charge in [0.05, 0.1) is 24.2 Å². The maximum Gasteiger partial charge on any atom is 0.260 e. The first-order chi connectivity index (χ1) is 12.5. The minimum atomic E-state index is -0.536. The van der Waals surface area contributed by atoms with Crippen molar-refractivity contribution in [1.29, 1.82) is 0 Å². The van der Waals surface area contributed by atoms with Crippen LogP contribution in [-0.2, 0) is 14.3 Å². The number of piperidine rings is 1. The Hall–Kier alpha value is -1.86. The number of hydrogen-bond donors (Lipinski definition) is 0. The molecule has 8 heteroatoms. The number of carbonyl (C=O) groups excluding carboxylic acids is 2. The van der Waals surface area contributed by atoms with Gasteiger partial charge in [0.1, 0.15) is 11.6 Å². The molecule has 6 nitrogen and oxygen atoms in total. The molecular weight excluding hydrogens is 363 g/mol. The standard InChI is InChI=1S/C18H22ClFN2O4/c19-15-10-14(3-4-16(15)20)26-12-17(23)22-5-1-2-13(11-22)18(24)21-6-8-25-9-7-21/h3-4,10,13H,1-2,5-9,11-12H2. The van der Waals surface area contributed by atoms with Crippen LogP contribution in [0.4, 0.5) is 4.39 Å². The van der Waals surface area contributed by atoms with E-state index in [4.69, 9.17) is 21.1 Å². The van der Waals surface area contributed by atoms with E-state index >= 15 is 0 Å². The minimum absolute atomic E-state index is 0.0518. The highest BCUT2D eigenvalue weighted by Crippen LogP contribution is 2.22. The SMILES string of the molecule is O=C(COc1ccc(F)c(Cl)c1)N1CCCC(C(=O)N2CCOCC2)C1. The van der Waals surface area contributed by atoms with E-state index < -0.39 is 5.82 Å². The van der Waals surface area contributed by atoms with Crippen LogP contribution in [0.5, 0.6) is 5.75 Å². The van der Waals surface area contributed by atoms with E-state index in [1.165, 1.54) is 18.2 Å². The molecule has 0 bridgehead atoms. The van der Waals surface area contributed by atoms with Gasteiger partial charge in [-0.15, -0.1) is 0 Å². The van der Waals surface area contributed by atoms with Gasteiger partial charge in [-0.05, 0) is 25.0 Å². The highest BCUT2D eigenvalue weighted by atomic mass is 35.5. The lowest BCUT2D eigenvalue weighted by atomic mass is 9.96. The Morgan fingerprint density at radius 3 is 2.73 bits per heavy atom. The molecule has 142 valence electrons. The summed E-state index contributed by atoms with van der Waals surface area (Å²) in [6, 6.07) is 3.96. The number of rotatable bonds is 4. The van der Waals surface area contributed by atoms with Crippen molar-refractivity contribution in [2.24, 2.45) is 5.92 Å². The quantitative estimate of drug-likeness (QED) is 0.796. The number of hydrogen-bond acceptors (Lipinski definition) is 4. The largest absolute Gasteiger partial charge is 0.484 e. The zero-order chi connectivity index (χ0) is 18.5. The molecular formula is C18H22ClFN2O4. The van der Waals surface area contributed by atoms with Crippen LogP contribution in [0.3, 0.4) is 0 Å². The number of carbonyl (C=O) groups is 2. The molecule has 1 atom stereocenters. The molecule has 0 N–H and O–H groups in total. The molecule has 2 aliphatic rings. The summed E-state index contributed by atoms with van der Waals surface area (Å²) in [5, 5.41) is -0.0518. The lowest BCUT2D eigenvalue weighted by Gasteiger charge is -2.36. The first-order valence-corrected chi connectivity index (χ1v) is 9.14. The number of benzene rings is 1. The first-order valence-electron chi connectivity index (χ1n) is 8.77. The predicted octanol–water partition coefficient (Wildman–Crippen LogP) is 1.96. The van der Waals surface area contributed by atoms with E-state index in [0.717, 1.165) is 12.8 Å². The van der Waals surface area contributed by atoms with Crippen LogP contribution < -0.4 is 4.74 Å². The number of nitrogens with zero attached hydrogens (tertiary/aromatic N) is 2. The van der Waals surface area contributed by atoms with Crippen LogP contribution in [-0.4, -0.2) is 67.6 Å². The second-order valence-electron chi connectivity index (χ2n) is 6.48. The van der Waals surface area contributed by atoms with Gasteiger partial charge in [-0.25, -0.2) is 4.39 Å². The fraction of sp³-hybridized carbons (Fsp3) is 0.556. The Balaban J connectivity index is 1.52. The smallest absolute Gasteiger partial charge is 0.260 e. The van der Waals surface area contributed by atoms with Crippen LogP contribution in [0.15, 0.2) is 18.2 Å². The molecule has 1 unspecified atom stereocenters. The molecule has 0 saturated carbocycles. The van der Waals surface area contributed by atoms with E-state index in [-0.39, 0.29) is 29.4 Å². The first kappa shape index (κ1) is 18.9.